The minimum atomic E-state index is -5.15. The topological polar surface area (TPSA) is 148 Å². The molecule has 0 bridgehead atoms. The van der Waals surface area contributed by atoms with E-state index in [1.807, 2.05) is 121 Å². The number of nitrogens with one attached hydrogen (secondary N) is 1. The molecule has 7 aromatic rings. The van der Waals surface area contributed by atoms with Crippen LogP contribution in [0.3, 0.4) is 0 Å². The number of halogens is 7. The molecule has 2 atom stereocenters. The van der Waals surface area contributed by atoms with Gasteiger partial charge in [-0.15, -0.1) is 0 Å². The van der Waals surface area contributed by atoms with Crippen LogP contribution >= 0.6 is 0 Å². The molecule has 3 heterocycles. The quantitative estimate of drug-likeness (QED) is 0.0369. The standard InChI is InChI=1S/C81H91F7N8O8/c1-90(74(98)55-102-72-52-61-22-12-14-24-70(61)78(72)37-45-94(46-38-78)47-39-79(63-29-31-66(82)32-30-63)56-96(57-103-79)76(100)62-50-64(80(83,84)85)53-65(51-62)81(86,87)88)40-17-41-92(3)75(99)60-27-33-67(34-28-60)95(54-58-18-7-4-8-19-58)42-16-6-11-26-73(97)91(2)48-49-93-43-35-68(36-44-93)104-77(101)89-71-25-15-13-23-69(71)59-20-9-5-10-21-59/h4-5,7-10,12-15,18-25,27-34,50-51,53,68,72H,6,11,16-17,26,35-49,52,54-57H2,1-3H3,(H,89,101)/t72-,79+/m0/s1. The lowest BCUT2D eigenvalue weighted by atomic mass is 9.72. The summed E-state index contributed by atoms with van der Waals surface area (Å²) in [7, 11) is 5.34. The van der Waals surface area contributed by atoms with Crippen LogP contribution in [0.4, 0.5) is 46.9 Å². The first kappa shape index (κ1) is 76.0. The number of amides is 5. The molecule has 16 nitrogen and oxygen atoms in total. The zero-order valence-corrected chi connectivity index (χ0v) is 59.1. The number of anilines is 2. The van der Waals surface area contributed by atoms with Gasteiger partial charge in [-0.1, -0.05) is 122 Å². The number of carbonyl (C=O) groups is 5. The molecule has 0 unspecified atom stereocenters. The zero-order valence-electron chi connectivity index (χ0n) is 59.1. The molecule has 5 amide bonds. The molecule has 0 radical (unpaired) electrons. The fourth-order valence-corrected chi connectivity index (χ4v) is 14.9. The second-order valence-electron chi connectivity index (χ2n) is 27.9. The summed E-state index contributed by atoms with van der Waals surface area (Å²) >= 11 is 0. The molecule has 552 valence electrons. The lowest BCUT2D eigenvalue weighted by Crippen LogP contribution is -2.50. The molecule has 3 saturated heterocycles. The maximum atomic E-state index is 14.3. The SMILES string of the molecule is CN(CCN1CCC(OC(=O)Nc2ccccc2-c2ccccc2)CC1)C(=O)CCCCCN(Cc1ccccc1)c1ccc(C(=O)N(C)CCCN(C)C(=O)CO[C@H]2Cc3ccccc3C23CCN(CC[C@]2(c4ccc(F)cc4)CN(C(=O)c4cc(C(F)(F)F)cc(C(F)(F)F)c4)CO2)CC3)cc1. The van der Waals surface area contributed by atoms with E-state index >= 15 is 0 Å². The Bertz CT molecular complexity index is 4010. The number of rotatable bonds is 28. The monoisotopic (exact) mass is 1440 g/mol. The third kappa shape index (κ3) is 19.2. The van der Waals surface area contributed by atoms with Crippen LogP contribution in [-0.2, 0) is 60.1 Å². The molecular weight excluding hydrogens is 1350 g/mol. The molecule has 104 heavy (non-hydrogen) atoms. The van der Waals surface area contributed by atoms with Crippen molar-refractivity contribution < 1.29 is 68.9 Å². The number of likely N-dealkylation sites (tertiary alicyclic amines) is 2. The Morgan fingerprint density at radius 3 is 1.93 bits per heavy atom. The fraction of sp³-hybridized carbons (Fsp3) is 0.420. The van der Waals surface area contributed by atoms with Gasteiger partial charge in [0.25, 0.3) is 11.8 Å². The van der Waals surface area contributed by atoms with Crippen LogP contribution in [0.2, 0.25) is 0 Å². The van der Waals surface area contributed by atoms with Crippen molar-refractivity contribution in [1.82, 2.24) is 29.4 Å². The van der Waals surface area contributed by atoms with Crippen LogP contribution in [0.15, 0.2) is 176 Å². The van der Waals surface area contributed by atoms with Gasteiger partial charge in [0.15, 0.2) is 0 Å². The summed E-state index contributed by atoms with van der Waals surface area (Å²) in [5, 5.41) is 2.94. The summed E-state index contributed by atoms with van der Waals surface area (Å²) in [5.74, 6) is -1.83. The molecule has 1 aliphatic carbocycles. The van der Waals surface area contributed by atoms with Crippen molar-refractivity contribution in [3.05, 3.63) is 226 Å². The van der Waals surface area contributed by atoms with Crippen LogP contribution in [0.5, 0.6) is 0 Å². The number of nitrogens with zero attached hydrogens (tertiary/aromatic N) is 7. The van der Waals surface area contributed by atoms with E-state index in [4.69, 9.17) is 14.2 Å². The van der Waals surface area contributed by atoms with Gasteiger partial charge >= 0.3 is 18.4 Å². The zero-order chi connectivity index (χ0) is 73.6. The van der Waals surface area contributed by atoms with Gasteiger partial charge in [0.1, 0.15) is 30.9 Å². The minimum Gasteiger partial charge on any atom is -0.446 e. The molecule has 3 fully saturated rings. The average Bonchev–Trinajstić information content (AvgIpc) is 1.58. The van der Waals surface area contributed by atoms with Crippen molar-refractivity contribution in [3.8, 4) is 11.1 Å². The summed E-state index contributed by atoms with van der Waals surface area (Å²) in [4.78, 5) is 80.7. The molecular formula is C81H91F7N8O8. The molecule has 4 aliphatic rings. The maximum absolute atomic E-state index is 14.3. The van der Waals surface area contributed by atoms with E-state index in [0.29, 0.717) is 107 Å². The first-order valence-electron chi connectivity index (χ1n) is 35.8. The van der Waals surface area contributed by atoms with Crippen molar-refractivity contribution in [2.24, 2.45) is 0 Å². The summed E-state index contributed by atoms with van der Waals surface area (Å²) in [6.07, 6.45) is -4.15. The second kappa shape index (κ2) is 34.2. The highest BCUT2D eigenvalue weighted by Crippen LogP contribution is 2.49. The van der Waals surface area contributed by atoms with Crippen LogP contribution < -0.4 is 10.2 Å². The van der Waals surface area contributed by atoms with Gasteiger partial charge in [-0.05, 0) is 159 Å². The first-order chi connectivity index (χ1) is 49.9. The van der Waals surface area contributed by atoms with E-state index in [9.17, 15) is 54.7 Å². The van der Waals surface area contributed by atoms with Crippen LogP contribution in [0.1, 0.15) is 118 Å². The number of alkyl halides is 6. The Kier molecular flexibility index (Phi) is 25.0. The van der Waals surface area contributed by atoms with E-state index in [1.54, 1.807) is 23.9 Å². The summed E-state index contributed by atoms with van der Waals surface area (Å²) in [6.45, 7) is 5.95. The fourth-order valence-electron chi connectivity index (χ4n) is 14.9. The van der Waals surface area contributed by atoms with E-state index in [0.717, 1.165) is 96.7 Å². The van der Waals surface area contributed by atoms with Gasteiger partial charge in [-0.25, -0.2) is 9.18 Å². The molecule has 0 saturated carbocycles. The number of benzene rings is 7. The van der Waals surface area contributed by atoms with Crippen molar-refractivity contribution >= 4 is 41.1 Å². The highest BCUT2D eigenvalue weighted by molar-refractivity contribution is 5.95. The summed E-state index contributed by atoms with van der Waals surface area (Å²) in [5.41, 5.74) is 2.40. The lowest BCUT2D eigenvalue weighted by molar-refractivity contribution is -0.143. The van der Waals surface area contributed by atoms with Crippen molar-refractivity contribution in [2.75, 3.05) is 117 Å². The van der Waals surface area contributed by atoms with Gasteiger partial charge in [0, 0.05) is 114 Å². The largest absolute Gasteiger partial charge is 0.446 e. The highest BCUT2D eigenvalue weighted by Gasteiger charge is 2.50. The summed E-state index contributed by atoms with van der Waals surface area (Å²) in [6, 6.07) is 49.9. The number of piperidine rings is 2. The van der Waals surface area contributed by atoms with Gasteiger partial charge in [0.2, 0.25) is 11.8 Å². The number of likely N-dealkylation sites (N-methyl/N-ethyl adjacent to an activating group) is 2. The minimum absolute atomic E-state index is 0.0270. The van der Waals surface area contributed by atoms with Crippen LogP contribution in [0.25, 0.3) is 11.1 Å². The molecule has 11 rings (SSSR count). The Morgan fingerprint density at radius 1 is 0.615 bits per heavy atom. The Balaban J connectivity index is 0.602. The van der Waals surface area contributed by atoms with Gasteiger partial charge < -0.3 is 48.5 Å². The molecule has 1 N–H and O–H groups in total. The molecule has 7 aromatic carbocycles. The van der Waals surface area contributed by atoms with E-state index < -0.39 is 64.6 Å². The van der Waals surface area contributed by atoms with Gasteiger partial charge in [-0.2, -0.15) is 26.3 Å². The smallest absolute Gasteiger partial charge is 0.416 e. The summed E-state index contributed by atoms with van der Waals surface area (Å²) < 4.78 is 116. The number of carbonyl (C=O) groups excluding carboxylic acids is 5. The van der Waals surface area contributed by atoms with Crippen molar-refractivity contribution in [2.45, 2.75) is 113 Å². The van der Waals surface area contributed by atoms with Crippen molar-refractivity contribution in [3.63, 3.8) is 0 Å². The molecule has 23 heteroatoms. The van der Waals surface area contributed by atoms with E-state index in [2.05, 4.69) is 44.3 Å². The lowest BCUT2D eigenvalue weighted by Gasteiger charge is -2.44. The predicted octanol–water partition coefficient (Wildman–Crippen LogP) is 14.6. The molecule has 3 aliphatic heterocycles. The predicted molar refractivity (Wildman–Crippen MR) is 384 cm³/mol. The first-order valence-corrected chi connectivity index (χ1v) is 35.8. The normalized spacial score (nSPS) is 17.7. The van der Waals surface area contributed by atoms with Crippen LogP contribution in [0, 0.1) is 5.82 Å². The maximum Gasteiger partial charge on any atom is 0.416 e. The number of unbranched alkanes of at least 4 members (excludes halogenated alkanes) is 2. The van der Waals surface area contributed by atoms with Crippen molar-refractivity contribution in [1.29, 1.82) is 0 Å². The van der Waals surface area contributed by atoms with E-state index in [1.165, 1.54) is 24.3 Å². The number of ether oxygens (including phenoxy) is 3. The number of hydrogen-bond donors (Lipinski definition) is 1. The van der Waals surface area contributed by atoms with Gasteiger partial charge in [-0.3, -0.25) is 24.5 Å². The number of hydrogen-bond acceptors (Lipinski definition) is 11. The Morgan fingerprint density at radius 2 is 1.24 bits per heavy atom. The third-order valence-electron chi connectivity index (χ3n) is 21.0. The van der Waals surface area contributed by atoms with E-state index in [-0.39, 0.29) is 55.6 Å². The number of fused-ring (bicyclic) bond motifs is 2. The molecule has 1 spiro atoms. The average molecular weight is 1440 g/mol. The molecule has 0 aromatic heterocycles. The number of para-hydroxylation sites is 1. The Hall–Kier alpha value is -9.16. The van der Waals surface area contributed by atoms with Crippen LogP contribution in [-0.4, -0.2) is 178 Å². The van der Waals surface area contributed by atoms with Gasteiger partial charge in [0.05, 0.1) is 29.5 Å². The third-order valence-corrected chi connectivity index (χ3v) is 21.0. The Labute approximate surface area is 603 Å². The second-order valence-corrected chi connectivity index (χ2v) is 27.9. The highest BCUT2D eigenvalue weighted by atomic mass is 19.4.